The van der Waals surface area contributed by atoms with Crippen molar-refractivity contribution in [1.29, 1.82) is 0 Å². The second-order valence-electron chi connectivity index (χ2n) is 7.73. The van der Waals surface area contributed by atoms with Gasteiger partial charge in [-0.1, -0.05) is 54.6 Å². The zero-order valence-corrected chi connectivity index (χ0v) is 18.7. The van der Waals surface area contributed by atoms with E-state index in [9.17, 15) is 9.59 Å². The first-order chi connectivity index (χ1) is 14.9. The number of thiophene rings is 1. The van der Waals surface area contributed by atoms with E-state index in [1.807, 2.05) is 51.1 Å². The fourth-order valence-corrected chi connectivity index (χ4v) is 4.63. The number of hydrogen-bond donors (Lipinski definition) is 1. The van der Waals surface area contributed by atoms with E-state index in [0.29, 0.717) is 11.9 Å². The summed E-state index contributed by atoms with van der Waals surface area (Å²) in [4.78, 5) is 31.5. The predicted molar refractivity (Wildman–Crippen MR) is 126 cm³/mol. The van der Waals surface area contributed by atoms with Crippen molar-refractivity contribution in [2.45, 2.75) is 39.8 Å². The van der Waals surface area contributed by atoms with E-state index >= 15 is 0 Å². The van der Waals surface area contributed by atoms with E-state index in [-0.39, 0.29) is 23.9 Å². The average molecular weight is 432 g/mol. The molecule has 1 N–H and O–H groups in total. The van der Waals surface area contributed by atoms with Gasteiger partial charge in [0.1, 0.15) is 4.83 Å². The first kappa shape index (κ1) is 21.0. The van der Waals surface area contributed by atoms with Gasteiger partial charge in [0.15, 0.2) is 0 Å². The van der Waals surface area contributed by atoms with Crippen LogP contribution in [0, 0.1) is 13.8 Å². The highest BCUT2D eigenvalue weighted by atomic mass is 32.1. The van der Waals surface area contributed by atoms with Crippen molar-refractivity contribution in [3.63, 3.8) is 0 Å². The topological polar surface area (TPSA) is 64.0 Å². The molecule has 2 heterocycles. The van der Waals surface area contributed by atoms with Gasteiger partial charge in [0.25, 0.3) is 5.56 Å². The molecule has 0 saturated heterocycles. The summed E-state index contributed by atoms with van der Waals surface area (Å²) in [6.45, 7) is 6.21. The number of fused-ring (bicyclic) bond motifs is 1. The minimum atomic E-state index is -0.114. The molecule has 0 aliphatic rings. The van der Waals surface area contributed by atoms with E-state index in [1.165, 1.54) is 15.9 Å². The lowest BCUT2D eigenvalue weighted by Gasteiger charge is -2.15. The molecule has 5 nitrogen and oxygen atoms in total. The number of benzene rings is 2. The number of hydrogen-bond acceptors (Lipinski definition) is 4. The summed E-state index contributed by atoms with van der Waals surface area (Å²) in [5, 5.41) is 3.69. The lowest BCUT2D eigenvalue weighted by molar-refractivity contribution is -0.121. The number of nitrogens with one attached hydrogen (secondary N) is 1. The maximum atomic E-state index is 12.8. The number of nitrogens with zero attached hydrogens (tertiary/aromatic N) is 2. The minimum absolute atomic E-state index is 0.0794. The average Bonchev–Trinajstić information content (AvgIpc) is 3.08. The van der Waals surface area contributed by atoms with Crippen LogP contribution < -0.4 is 10.9 Å². The van der Waals surface area contributed by atoms with E-state index in [1.54, 1.807) is 6.33 Å². The molecular formula is C25H25N3O2S. The molecule has 4 rings (SSSR count). The van der Waals surface area contributed by atoms with Crippen LogP contribution in [0.25, 0.3) is 21.3 Å². The molecule has 1 amide bonds. The Hall–Kier alpha value is -3.25. The van der Waals surface area contributed by atoms with Crippen molar-refractivity contribution in [3.05, 3.63) is 87.3 Å². The molecule has 2 aromatic heterocycles. The Morgan fingerprint density at radius 1 is 1.06 bits per heavy atom. The van der Waals surface area contributed by atoms with Gasteiger partial charge in [-0.3, -0.25) is 14.2 Å². The van der Waals surface area contributed by atoms with Gasteiger partial charge in [0.05, 0.1) is 17.8 Å². The second kappa shape index (κ2) is 8.86. The number of carbonyl (C=O) groups is 1. The molecule has 0 aliphatic heterocycles. The molecule has 6 heteroatoms. The first-order valence-corrected chi connectivity index (χ1v) is 11.2. The first-order valence-electron chi connectivity index (χ1n) is 10.3. The van der Waals surface area contributed by atoms with Gasteiger partial charge >= 0.3 is 0 Å². The third-order valence-corrected chi connectivity index (χ3v) is 6.75. The van der Waals surface area contributed by atoms with E-state index < -0.39 is 0 Å². The Morgan fingerprint density at radius 3 is 2.45 bits per heavy atom. The molecule has 1 unspecified atom stereocenters. The van der Waals surface area contributed by atoms with Gasteiger partial charge in [0.2, 0.25) is 5.91 Å². The van der Waals surface area contributed by atoms with Crippen LogP contribution in [0.5, 0.6) is 0 Å². The van der Waals surface area contributed by atoms with Crippen LogP contribution >= 0.6 is 11.3 Å². The lowest BCUT2D eigenvalue weighted by atomic mass is 10.0. The number of carbonyl (C=O) groups excluding carboxylic acids is 1. The number of amides is 1. The Morgan fingerprint density at radius 2 is 1.74 bits per heavy atom. The molecule has 0 radical (unpaired) electrons. The summed E-state index contributed by atoms with van der Waals surface area (Å²) >= 11 is 1.53. The maximum absolute atomic E-state index is 12.8. The molecule has 4 aromatic rings. The third-order valence-electron chi connectivity index (χ3n) is 5.63. The lowest BCUT2D eigenvalue weighted by Crippen LogP contribution is -2.29. The summed E-state index contributed by atoms with van der Waals surface area (Å²) in [6.07, 6.45) is 1.76. The predicted octanol–water partition coefficient (Wildman–Crippen LogP) is 5.01. The van der Waals surface area contributed by atoms with Gasteiger partial charge < -0.3 is 5.32 Å². The maximum Gasteiger partial charge on any atom is 0.262 e. The smallest absolute Gasteiger partial charge is 0.262 e. The molecule has 0 aliphatic carbocycles. The largest absolute Gasteiger partial charge is 0.350 e. The number of rotatable bonds is 6. The van der Waals surface area contributed by atoms with Crippen LogP contribution in [0.15, 0.2) is 65.7 Å². The molecule has 0 spiro atoms. The quantitative estimate of drug-likeness (QED) is 0.467. The molecule has 2 aromatic carbocycles. The minimum Gasteiger partial charge on any atom is -0.350 e. The van der Waals surface area contributed by atoms with Crippen LogP contribution in [-0.4, -0.2) is 15.5 Å². The normalized spacial score (nSPS) is 12.1. The SMILES string of the molecule is Cc1sc2ncn(CCC(=O)NC(C)c3ccc(-c4ccccc4)cc3)c(=O)c2c1C. The third kappa shape index (κ3) is 4.44. The standard InChI is InChI=1S/C25H25N3O2S/c1-16-18(3)31-24-23(16)25(30)28(15-26-24)14-13-22(29)27-17(2)19-9-11-21(12-10-19)20-7-5-4-6-8-20/h4-12,15,17H,13-14H2,1-3H3,(H,27,29). The molecule has 1 atom stereocenters. The Balaban J connectivity index is 1.39. The van der Waals surface area contributed by atoms with Gasteiger partial charge in [0, 0.05) is 17.8 Å². The Bertz CT molecular complexity index is 1270. The van der Waals surface area contributed by atoms with Gasteiger partial charge in [-0.2, -0.15) is 0 Å². The van der Waals surface area contributed by atoms with Crippen LogP contribution in [0.3, 0.4) is 0 Å². The molecular weight excluding hydrogens is 406 g/mol. The highest BCUT2D eigenvalue weighted by Crippen LogP contribution is 2.25. The number of aryl methyl sites for hydroxylation is 3. The van der Waals surface area contributed by atoms with Crippen molar-refractivity contribution in [2.24, 2.45) is 0 Å². The van der Waals surface area contributed by atoms with Crippen LogP contribution in [0.2, 0.25) is 0 Å². The molecule has 0 bridgehead atoms. The molecule has 0 saturated carbocycles. The molecule has 158 valence electrons. The summed E-state index contributed by atoms with van der Waals surface area (Å²) in [5.74, 6) is -0.0927. The fourth-order valence-electron chi connectivity index (χ4n) is 3.64. The highest BCUT2D eigenvalue weighted by molar-refractivity contribution is 7.18. The zero-order valence-electron chi connectivity index (χ0n) is 17.9. The molecule has 31 heavy (non-hydrogen) atoms. The summed E-state index contributed by atoms with van der Waals surface area (Å²) in [6, 6.07) is 18.3. The van der Waals surface area contributed by atoms with E-state index in [4.69, 9.17) is 0 Å². The fraction of sp³-hybridized carbons (Fsp3) is 0.240. The second-order valence-corrected chi connectivity index (χ2v) is 8.94. The van der Waals surface area contributed by atoms with Crippen molar-refractivity contribution in [3.8, 4) is 11.1 Å². The van der Waals surface area contributed by atoms with Crippen molar-refractivity contribution < 1.29 is 4.79 Å². The Kier molecular flexibility index (Phi) is 6.00. The number of aromatic nitrogens is 2. The van der Waals surface area contributed by atoms with Crippen LogP contribution in [0.4, 0.5) is 0 Å². The van der Waals surface area contributed by atoms with Crippen LogP contribution in [0.1, 0.15) is 35.4 Å². The van der Waals surface area contributed by atoms with E-state index in [0.717, 1.165) is 32.0 Å². The van der Waals surface area contributed by atoms with Crippen molar-refractivity contribution in [2.75, 3.05) is 0 Å². The van der Waals surface area contributed by atoms with Crippen molar-refractivity contribution in [1.82, 2.24) is 14.9 Å². The monoisotopic (exact) mass is 431 g/mol. The van der Waals surface area contributed by atoms with Crippen LogP contribution in [-0.2, 0) is 11.3 Å². The summed E-state index contributed by atoms with van der Waals surface area (Å²) < 4.78 is 1.53. The van der Waals surface area contributed by atoms with Gasteiger partial charge in [-0.25, -0.2) is 4.98 Å². The van der Waals surface area contributed by atoms with E-state index in [2.05, 4.69) is 34.6 Å². The highest BCUT2D eigenvalue weighted by Gasteiger charge is 2.14. The Labute approximate surface area is 185 Å². The van der Waals surface area contributed by atoms with Gasteiger partial charge in [-0.05, 0) is 43.0 Å². The van der Waals surface area contributed by atoms with Gasteiger partial charge in [-0.15, -0.1) is 11.3 Å². The zero-order chi connectivity index (χ0) is 22.0. The summed E-state index contributed by atoms with van der Waals surface area (Å²) in [5.41, 5.74) is 4.24. The summed E-state index contributed by atoms with van der Waals surface area (Å²) in [7, 11) is 0. The molecule has 0 fully saturated rings. The van der Waals surface area contributed by atoms with Crippen molar-refractivity contribution >= 4 is 27.5 Å².